The quantitative estimate of drug-likeness (QED) is 0.139. The standard InChI is InChI=1S/C27H18ClN3O4/c28-25-13-10-22(15-26(25)31(33)34)30-27(32)21(16-29)14-18-8-11-23(12-9-18)35-17-20-6-3-5-19-4-1-2-7-24(19)20/h1-15H,17H2,(H,30,32)/b21-14+. The van der Waals surface area contributed by atoms with Gasteiger partial charge in [0.1, 0.15) is 29.0 Å². The molecule has 35 heavy (non-hydrogen) atoms. The fraction of sp³-hybridized carbons (Fsp3) is 0.0370. The van der Waals surface area contributed by atoms with Crippen LogP contribution in [-0.2, 0) is 11.4 Å². The molecule has 0 aliphatic carbocycles. The summed E-state index contributed by atoms with van der Waals surface area (Å²) < 4.78 is 5.92. The Kier molecular flexibility index (Phi) is 7.05. The highest BCUT2D eigenvalue weighted by atomic mass is 35.5. The molecule has 0 spiro atoms. The van der Waals surface area contributed by atoms with E-state index >= 15 is 0 Å². The van der Waals surface area contributed by atoms with Crippen LogP contribution in [0.2, 0.25) is 5.02 Å². The lowest BCUT2D eigenvalue weighted by molar-refractivity contribution is -0.384. The molecule has 8 heteroatoms. The maximum absolute atomic E-state index is 12.5. The van der Waals surface area contributed by atoms with Crippen molar-refractivity contribution < 1.29 is 14.5 Å². The molecule has 7 nitrogen and oxygen atoms in total. The minimum atomic E-state index is -0.694. The number of rotatable bonds is 7. The van der Waals surface area contributed by atoms with E-state index < -0.39 is 10.8 Å². The van der Waals surface area contributed by atoms with E-state index in [1.54, 1.807) is 24.3 Å². The van der Waals surface area contributed by atoms with Gasteiger partial charge in [-0.3, -0.25) is 14.9 Å². The van der Waals surface area contributed by atoms with Gasteiger partial charge in [0.2, 0.25) is 0 Å². The van der Waals surface area contributed by atoms with Gasteiger partial charge in [-0.1, -0.05) is 66.2 Å². The van der Waals surface area contributed by atoms with Crippen LogP contribution in [0.5, 0.6) is 5.75 Å². The highest BCUT2D eigenvalue weighted by Gasteiger charge is 2.15. The number of ether oxygens (including phenoxy) is 1. The lowest BCUT2D eigenvalue weighted by atomic mass is 10.1. The number of carbonyl (C=O) groups is 1. The van der Waals surface area contributed by atoms with Crippen LogP contribution in [0, 0.1) is 21.4 Å². The van der Waals surface area contributed by atoms with Crippen LogP contribution in [0.4, 0.5) is 11.4 Å². The topological polar surface area (TPSA) is 105 Å². The van der Waals surface area contributed by atoms with Crippen LogP contribution in [0.1, 0.15) is 11.1 Å². The highest BCUT2D eigenvalue weighted by molar-refractivity contribution is 6.32. The Balaban J connectivity index is 1.44. The van der Waals surface area contributed by atoms with E-state index in [2.05, 4.69) is 23.5 Å². The Hall–Kier alpha value is -4.67. The van der Waals surface area contributed by atoms with Gasteiger partial charge in [0.05, 0.1) is 4.92 Å². The van der Waals surface area contributed by atoms with E-state index in [0.717, 1.165) is 22.4 Å². The second-order valence-electron chi connectivity index (χ2n) is 7.54. The first kappa shape index (κ1) is 23.5. The molecular formula is C27H18ClN3O4. The summed E-state index contributed by atoms with van der Waals surface area (Å²) in [6, 6.07) is 26.9. The van der Waals surface area contributed by atoms with Gasteiger partial charge in [0, 0.05) is 11.8 Å². The predicted molar refractivity (Wildman–Crippen MR) is 135 cm³/mol. The van der Waals surface area contributed by atoms with Crippen molar-refractivity contribution in [1.82, 2.24) is 0 Å². The number of nitro benzene ring substituents is 1. The molecule has 4 rings (SSSR count). The van der Waals surface area contributed by atoms with Crippen molar-refractivity contribution in [1.29, 1.82) is 5.26 Å². The summed E-state index contributed by atoms with van der Waals surface area (Å²) in [5.41, 5.74) is 1.34. The van der Waals surface area contributed by atoms with Crippen molar-refractivity contribution in [2.75, 3.05) is 5.32 Å². The first-order valence-electron chi connectivity index (χ1n) is 10.5. The maximum atomic E-state index is 12.5. The van der Waals surface area contributed by atoms with Crippen molar-refractivity contribution in [2.45, 2.75) is 6.61 Å². The van der Waals surface area contributed by atoms with E-state index in [1.165, 1.54) is 18.2 Å². The van der Waals surface area contributed by atoms with Crippen molar-refractivity contribution in [2.24, 2.45) is 0 Å². The summed E-state index contributed by atoms with van der Waals surface area (Å²) in [4.78, 5) is 22.9. The van der Waals surface area contributed by atoms with Gasteiger partial charge in [-0.2, -0.15) is 5.26 Å². The number of nitrogens with one attached hydrogen (secondary N) is 1. The van der Waals surface area contributed by atoms with E-state index in [4.69, 9.17) is 16.3 Å². The first-order valence-corrected chi connectivity index (χ1v) is 10.9. The minimum Gasteiger partial charge on any atom is -0.489 e. The number of carbonyl (C=O) groups excluding carboxylic acids is 1. The number of hydrogen-bond acceptors (Lipinski definition) is 5. The van der Waals surface area contributed by atoms with Gasteiger partial charge < -0.3 is 10.1 Å². The van der Waals surface area contributed by atoms with E-state index in [1.807, 2.05) is 30.3 Å². The minimum absolute atomic E-state index is 0.0493. The van der Waals surface area contributed by atoms with Crippen molar-refractivity contribution in [3.8, 4) is 11.8 Å². The zero-order chi connectivity index (χ0) is 24.8. The zero-order valence-corrected chi connectivity index (χ0v) is 19.0. The summed E-state index contributed by atoms with van der Waals surface area (Å²) >= 11 is 5.79. The Morgan fingerprint density at radius 2 is 1.80 bits per heavy atom. The Labute approximate surface area is 206 Å². The fourth-order valence-electron chi connectivity index (χ4n) is 3.48. The van der Waals surface area contributed by atoms with Gasteiger partial charge in [-0.15, -0.1) is 0 Å². The third-order valence-electron chi connectivity index (χ3n) is 5.23. The van der Waals surface area contributed by atoms with Crippen molar-refractivity contribution in [3.05, 3.63) is 117 Å². The summed E-state index contributed by atoms with van der Waals surface area (Å²) in [6.07, 6.45) is 1.42. The first-order chi connectivity index (χ1) is 16.9. The van der Waals surface area contributed by atoms with E-state index in [9.17, 15) is 20.2 Å². The van der Waals surface area contributed by atoms with Crippen LogP contribution in [0.25, 0.3) is 16.8 Å². The van der Waals surface area contributed by atoms with Crippen LogP contribution < -0.4 is 10.1 Å². The number of benzene rings is 4. The van der Waals surface area contributed by atoms with Crippen LogP contribution >= 0.6 is 11.6 Å². The zero-order valence-electron chi connectivity index (χ0n) is 18.3. The second-order valence-corrected chi connectivity index (χ2v) is 7.95. The number of anilines is 1. The monoisotopic (exact) mass is 483 g/mol. The molecular weight excluding hydrogens is 466 g/mol. The Morgan fingerprint density at radius 1 is 1.06 bits per heavy atom. The lowest BCUT2D eigenvalue weighted by Crippen LogP contribution is -2.13. The number of amides is 1. The molecule has 0 atom stereocenters. The molecule has 0 saturated carbocycles. The van der Waals surface area contributed by atoms with E-state index in [-0.39, 0.29) is 22.0 Å². The van der Waals surface area contributed by atoms with Gasteiger partial charge in [0.25, 0.3) is 11.6 Å². The number of nitrogens with zero attached hydrogens (tertiary/aromatic N) is 2. The predicted octanol–water partition coefficient (Wildman–Crippen LogP) is 6.53. The number of nitro groups is 1. The average molecular weight is 484 g/mol. The third-order valence-corrected chi connectivity index (χ3v) is 5.55. The fourth-order valence-corrected chi connectivity index (χ4v) is 3.67. The molecule has 1 N–H and O–H groups in total. The molecule has 1 amide bonds. The van der Waals surface area contributed by atoms with Gasteiger partial charge in [0.15, 0.2) is 0 Å². The molecule has 4 aromatic carbocycles. The van der Waals surface area contributed by atoms with Crippen molar-refractivity contribution in [3.63, 3.8) is 0 Å². The Bertz CT molecular complexity index is 1490. The molecule has 0 heterocycles. The van der Waals surface area contributed by atoms with Crippen LogP contribution in [-0.4, -0.2) is 10.8 Å². The summed E-state index contributed by atoms with van der Waals surface area (Å²) in [5.74, 6) is -0.0491. The summed E-state index contributed by atoms with van der Waals surface area (Å²) in [7, 11) is 0. The molecule has 0 aromatic heterocycles. The molecule has 0 saturated heterocycles. The SMILES string of the molecule is N#C/C(=C\c1ccc(OCc2cccc3ccccc23)cc1)C(=O)Nc1ccc(Cl)c([N+](=O)[O-])c1. The highest BCUT2D eigenvalue weighted by Crippen LogP contribution is 2.28. The largest absolute Gasteiger partial charge is 0.489 e. The molecule has 4 aromatic rings. The summed E-state index contributed by atoms with van der Waals surface area (Å²) in [6.45, 7) is 0.398. The number of hydrogen-bond donors (Lipinski definition) is 1. The van der Waals surface area contributed by atoms with Gasteiger partial charge in [-0.25, -0.2) is 0 Å². The van der Waals surface area contributed by atoms with Crippen LogP contribution in [0.3, 0.4) is 0 Å². The van der Waals surface area contributed by atoms with Crippen LogP contribution in [0.15, 0.2) is 90.5 Å². The molecule has 0 unspecified atom stereocenters. The molecule has 0 aliphatic rings. The molecule has 0 bridgehead atoms. The molecule has 0 fully saturated rings. The number of fused-ring (bicyclic) bond motifs is 1. The van der Waals surface area contributed by atoms with Gasteiger partial charge >= 0.3 is 0 Å². The smallest absolute Gasteiger partial charge is 0.289 e. The van der Waals surface area contributed by atoms with E-state index in [0.29, 0.717) is 17.9 Å². The second kappa shape index (κ2) is 10.5. The number of halogens is 1. The lowest BCUT2D eigenvalue weighted by Gasteiger charge is -2.09. The molecule has 0 radical (unpaired) electrons. The molecule has 172 valence electrons. The number of nitriles is 1. The normalized spacial score (nSPS) is 11.0. The summed E-state index contributed by atoms with van der Waals surface area (Å²) in [5, 5.41) is 25.2. The maximum Gasteiger partial charge on any atom is 0.289 e. The molecule has 0 aliphatic heterocycles. The van der Waals surface area contributed by atoms with Crippen molar-refractivity contribution >= 4 is 45.7 Å². The average Bonchev–Trinajstić information content (AvgIpc) is 2.87. The Morgan fingerprint density at radius 3 is 2.54 bits per heavy atom. The third kappa shape index (κ3) is 5.64. The van der Waals surface area contributed by atoms with Gasteiger partial charge in [-0.05, 0) is 52.2 Å².